The van der Waals surface area contributed by atoms with E-state index in [4.69, 9.17) is 9.47 Å². The van der Waals surface area contributed by atoms with E-state index < -0.39 is 11.8 Å². The van der Waals surface area contributed by atoms with Gasteiger partial charge < -0.3 is 25.0 Å². The van der Waals surface area contributed by atoms with E-state index in [2.05, 4.69) is 10.6 Å². The van der Waals surface area contributed by atoms with Gasteiger partial charge in [0.25, 0.3) is 0 Å². The van der Waals surface area contributed by atoms with Crippen molar-refractivity contribution in [2.45, 2.75) is 57.0 Å². The number of carbonyl (C=O) groups is 2. The minimum atomic E-state index is -0.555. The van der Waals surface area contributed by atoms with Crippen molar-refractivity contribution in [3.8, 4) is 0 Å². The third-order valence-corrected chi connectivity index (χ3v) is 4.18. The summed E-state index contributed by atoms with van der Waals surface area (Å²) in [5, 5.41) is 5.36. The van der Waals surface area contributed by atoms with Crippen molar-refractivity contribution in [1.82, 2.24) is 15.5 Å². The first-order chi connectivity index (χ1) is 10.4. The second-order valence-corrected chi connectivity index (χ2v) is 6.33. The molecular formula is C15H27N3O4. The highest BCUT2D eigenvalue weighted by Gasteiger charge is 2.42. The molecule has 2 N–H and O–H groups in total. The summed E-state index contributed by atoms with van der Waals surface area (Å²) in [5.41, 5.74) is 0. The Morgan fingerprint density at radius 2 is 1.95 bits per heavy atom. The van der Waals surface area contributed by atoms with Gasteiger partial charge >= 0.3 is 6.03 Å². The number of nitrogens with zero attached hydrogens (tertiary/aromatic N) is 1. The zero-order valence-corrected chi connectivity index (χ0v) is 13.7. The summed E-state index contributed by atoms with van der Waals surface area (Å²) in [7, 11) is 3.32. The average Bonchev–Trinajstić information content (AvgIpc) is 2.87. The number of amides is 3. The van der Waals surface area contributed by atoms with E-state index in [1.165, 1.54) is 11.3 Å². The maximum absolute atomic E-state index is 11.8. The highest BCUT2D eigenvalue weighted by atomic mass is 16.7. The highest BCUT2D eigenvalue weighted by Crippen LogP contribution is 2.37. The Labute approximate surface area is 131 Å². The Bertz CT molecular complexity index is 408. The molecular weight excluding hydrogens is 286 g/mol. The van der Waals surface area contributed by atoms with E-state index in [1.807, 2.05) is 0 Å². The lowest BCUT2D eigenvalue weighted by molar-refractivity contribution is -0.186. The van der Waals surface area contributed by atoms with E-state index in [1.54, 1.807) is 21.0 Å². The first-order valence-corrected chi connectivity index (χ1v) is 7.99. The van der Waals surface area contributed by atoms with Gasteiger partial charge in [0.15, 0.2) is 5.79 Å². The summed E-state index contributed by atoms with van der Waals surface area (Å²) in [6, 6.07) is -0.920. The molecule has 1 saturated carbocycles. The van der Waals surface area contributed by atoms with Crippen molar-refractivity contribution in [3.63, 3.8) is 0 Å². The molecule has 126 valence electrons. The summed E-state index contributed by atoms with van der Waals surface area (Å²) < 4.78 is 11.8. The molecule has 3 amide bonds. The van der Waals surface area contributed by atoms with Crippen LogP contribution in [0, 0.1) is 0 Å². The summed E-state index contributed by atoms with van der Waals surface area (Å²) in [5.74, 6) is -0.563. The minimum Gasteiger partial charge on any atom is -0.347 e. The molecule has 7 nitrogen and oxygen atoms in total. The van der Waals surface area contributed by atoms with Crippen molar-refractivity contribution >= 4 is 11.9 Å². The minimum absolute atomic E-state index is 0.122. The van der Waals surface area contributed by atoms with E-state index in [-0.39, 0.29) is 18.0 Å². The number of ether oxygens (including phenoxy) is 2. The van der Waals surface area contributed by atoms with Gasteiger partial charge in [0.2, 0.25) is 5.91 Å². The molecule has 0 aromatic heterocycles. The lowest BCUT2D eigenvalue weighted by atomic mass is 9.94. The van der Waals surface area contributed by atoms with Gasteiger partial charge in [-0.05, 0) is 19.8 Å². The van der Waals surface area contributed by atoms with E-state index in [0.29, 0.717) is 13.2 Å². The molecule has 22 heavy (non-hydrogen) atoms. The summed E-state index contributed by atoms with van der Waals surface area (Å²) in [4.78, 5) is 24.9. The Balaban J connectivity index is 1.70. The number of hydrogen-bond acceptors (Lipinski definition) is 4. The van der Waals surface area contributed by atoms with E-state index in [9.17, 15) is 9.59 Å². The molecule has 0 aromatic rings. The van der Waals surface area contributed by atoms with Crippen molar-refractivity contribution in [1.29, 1.82) is 0 Å². The average molecular weight is 313 g/mol. The fourth-order valence-corrected chi connectivity index (χ4v) is 2.97. The first-order valence-electron chi connectivity index (χ1n) is 7.99. The standard InChI is InChI=1S/C15H27N3O4/c1-11(13(19)18(2)3)17-14(20)16-9-12-10-21-15(22-12)7-5-4-6-8-15/h11-12H,4-10H2,1-3H3,(H2,16,17,20)/t11-,12-/m0/s1. The number of urea groups is 1. The van der Waals surface area contributed by atoms with Crippen LogP contribution in [0.25, 0.3) is 0 Å². The fourth-order valence-electron chi connectivity index (χ4n) is 2.97. The number of rotatable bonds is 4. The number of hydrogen-bond donors (Lipinski definition) is 2. The van der Waals surface area contributed by atoms with Gasteiger partial charge in [0.1, 0.15) is 12.1 Å². The van der Waals surface area contributed by atoms with Crippen molar-refractivity contribution in [2.75, 3.05) is 27.2 Å². The predicted molar refractivity (Wildman–Crippen MR) is 81.3 cm³/mol. The van der Waals surface area contributed by atoms with Gasteiger partial charge in [-0.3, -0.25) is 4.79 Å². The summed E-state index contributed by atoms with van der Waals surface area (Å²) in [6.07, 6.45) is 5.24. The van der Waals surface area contributed by atoms with Gasteiger partial charge in [-0.1, -0.05) is 6.42 Å². The van der Waals surface area contributed by atoms with Gasteiger partial charge in [0.05, 0.1) is 6.61 Å². The molecule has 1 aliphatic carbocycles. The van der Waals surface area contributed by atoms with Crippen LogP contribution in [0.1, 0.15) is 39.0 Å². The summed E-state index contributed by atoms with van der Waals surface area (Å²) in [6.45, 7) is 2.55. The quantitative estimate of drug-likeness (QED) is 0.806. The number of carbonyl (C=O) groups excluding carboxylic acids is 2. The smallest absolute Gasteiger partial charge is 0.315 e. The van der Waals surface area contributed by atoms with Gasteiger partial charge in [-0.2, -0.15) is 0 Å². The Kier molecular flexibility index (Phi) is 5.63. The van der Waals surface area contributed by atoms with Crippen LogP contribution >= 0.6 is 0 Å². The van der Waals surface area contributed by atoms with Crippen LogP contribution in [-0.4, -0.2) is 62.0 Å². The van der Waals surface area contributed by atoms with Crippen LogP contribution in [0.2, 0.25) is 0 Å². The largest absolute Gasteiger partial charge is 0.347 e. The Morgan fingerprint density at radius 3 is 2.59 bits per heavy atom. The molecule has 2 aliphatic rings. The van der Waals surface area contributed by atoms with Gasteiger partial charge in [-0.25, -0.2) is 4.79 Å². The normalized spacial score (nSPS) is 24.8. The maximum Gasteiger partial charge on any atom is 0.315 e. The second-order valence-electron chi connectivity index (χ2n) is 6.33. The zero-order chi connectivity index (χ0) is 16.2. The van der Waals surface area contributed by atoms with Gasteiger partial charge in [0, 0.05) is 33.5 Å². The Morgan fingerprint density at radius 1 is 1.27 bits per heavy atom. The molecule has 0 bridgehead atoms. The van der Waals surface area contributed by atoms with Crippen LogP contribution in [0.15, 0.2) is 0 Å². The molecule has 0 unspecified atom stereocenters. The second kappa shape index (κ2) is 7.28. The van der Waals surface area contributed by atoms with Crippen molar-refractivity contribution in [3.05, 3.63) is 0 Å². The number of nitrogens with one attached hydrogen (secondary N) is 2. The van der Waals surface area contributed by atoms with Crippen LogP contribution in [-0.2, 0) is 14.3 Å². The van der Waals surface area contributed by atoms with Crippen LogP contribution < -0.4 is 10.6 Å². The third kappa shape index (κ3) is 4.33. The first kappa shape index (κ1) is 17.0. The highest BCUT2D eigenvalue weighted by molar-refractivity contribution is 5.86. The maximum atomic E-state index is 11.8. The Hall–Kier alpha value is -1.34. The SMILES string of the molecule is C[C@H](NC(=O)NC[C@H]1COC2(CCCCC2)O1)C(=O)N(C)C. The number of likely N-dealkylation sites (N-methyl/N-ethyl adjacent to an activating group) is 1. The molecule has 1 saturated heterocycles. The predicted octanol–water partition coefficient (Wildman–Crippen LogP) is 0.838. The van der Waals surface area contributed by atoms with Crippen LogP contribution in [0.4, 0.5) is 4.79 Å². The molecule has 2 rings (SSSR count). The monoisotopic (exact) mass is 313 g/mol. The molecule has 1 heterocycles. The molecule has 2 fully saturated rings. The molecule has 7 heteroatoms. The zero-order valence-electron chi connectivity index (χ0n) is 13.7. The fraction of sp³-hybridized carbons (Fsp3) is 0.867. The molecule has 1 spiro atoms. The molecule has 2 atom stereocenters. The lowest BCUT2D eigenvalue weighted by Gasteiger charge is -2.31. The van der Waals surface area contributed by atoms with Crippen molar-refractivity contribution in [2.24, 2.45) is 0 Å². The molecule has 0 radical (unpaired) electrons. The van der Waals surface area contributed by atoms with Crippen molar-refractivity contribution < 1.29 is 19.1 Å². The third-order valence-electron chi connectivity index (χ3n) is 4.18. The lowest BCUT2D eigenvalue weighted by Crippen LogP contribution is -2.49. The van der Waals surface area contributed by atoms with Crippen LogP contribution in [0.5, 0.6) is 0 Å². The summed E-state index contributed by atoms with van der Waals surface area (Å²) >= 11 is 0. The van der Waals surface area contributed by atoms with Crippen LogP contribution in [0.3, 0.4) is 0 Å². The molecule has 0 aromatic carbocycles. The van der Waals surface area contributed by atoms with E-state index in [0.717, 1.165) is 25.7 Å². The van der Waals surface area contributed by atoms with E-state index >= 15 is 0 Å². The molecule has 1 aliphatic heterocycles. The topological polar surface area (TPSA) is 79.9 Å². The van der Waals surface area contributed by atoms with Gasteiger partial charge in [-0.15, -0.1) is 0 Å².